The first kappa shape index (κ1) is 17.7. The predicted octanol–water partition coefficient (Wildman–Crippen LogP) is 5.24. The van der Waals surface area contributed by atoms with E-state index in [0.29, 0.717) is 22.2 Å². The van der Waals surface area contributed by atoms with E-state index in [1.807, 2.05) is 18.2 Å². The van der Waals surface area contributed by atoms with Crippen molar-refractivity contribution >= 4 is 29.0 Å². The maximum absolute atomic E-state index is 12.4. The van der Waals surface area contributed by atoms with Crippen molar-refractivity contribution in [1.82, 2.24) is 0 Å². The number of anilines is 2. The molecule has 0 spiro atoms. The predicted molar refractivity (Wildman–Crippen MR) is 98.8 cm³/mol. The van der Waals surface area contributed by atoms with Gasteiger partial charge in [0.05, 0.1) is 0 Å². The monoisotopic (exact) mass is 362 g/mol. The Morgan fingerprint density at radius 2 is 1.76 bits per heavy atom. The molecule has 1 N–H and O–H groups in total. The number of nitrogens with zero attached hydrogens (tertiary/aromatic N) is 1. The van der Waals surface area contributed by atoms with Crippen LogP contribution in [0.4, 0.5) is 20.2 Å². The lowest BCUT2D eigenvalue weighted by molar-refractivity contribution is 0.102. The smallest absolute Gasteiger partial charge is 0.288 e. The van der Waals surface area contributed by atoms with Crippen LogP contribution in [0.1, 0.15) is 29.6 Å². The van der Waals surface area contributed by atoms with Crippen molar-refractivity contribution in [2.24, 2.45) is 0 Å². The topological polar surface area (TPSA) is 32.3 Å². The molecular weight excluding hydrogens is 342 g/mol. The maximum Gasteiger partial charge on any atom is 0.288 e. The first-order valence-corrected chi connectivity index (χ1v) is 9.21. The quantitative estimate of drug-likeness (QED) is 0.738. The summed E-state index contributed by atoms with van der Waals surface area (Å²) in [6.45, 7) is 2.08. The highest BCUT2D eigenvalue weighted by Gasteiger charge is 2.12. The normalized spacial score (nSPS) is 14.6. The molecule has 0 radical (unpaired) electrons. The van der Waals surface area contributed by atoms with Gasteiger partial charge in [-0.15, -0.1) is 0 Å². The van der Waals surface area contributed by atoms with Gasteiger partial charge in [-0.1, -0.05) is 17.8 Å². The van der Waals surface area contributed by atoms with Gasteiger partial charge >= 0.3 is 0 Å². The molecule has 0 unspecified atom stereocenters. The molecule has 0 atom stereocenters. The molecule has 3 rings (SSSR count). The average Bonchev–Trinajstić information content (AvgIpc) is 2.63. The van der Waals surface area contributed by atoms with E-state index in [4.69, 9.17) is 0 Å². The molecule has 1 aliphatic rings. The standard InChI is InChI=1S/C19H20F2N2OS/c20-19(21)25-17-9-7-14(8-10-17)18(24)22-15-5-4-6-16(13-15)23-11-2-1-3-12-23/h4-10,13,19H,1-3,11-12H2,(H,22,24). The van der Waals surface area contributed by atoms with Gasteiger partial charge in [0.25, 0.3) is 11.7 Å². The molecule has 2 aromatic rings. The lowest BCUT2D eigenvalue weighted by atomic mass is 10.1. The largest absolute Gasteiger partial charge is 0.371 e. The van der Waals surface area contributed by atoms with E-state index >= 15 is 0 Å². The van der Waals surface area contributed by atoms with Crippen LogP contribution in [0.25, 0.3) is 0 Å². The Hall–Kier alpha value is -2.08. The minimum Gasteiger partial charge on any atom is -0.371 e. The van der Waals surface area contributed by atoms with Crippen molar-refractivity contribution in [3.63, 3.8) is 0 Å². The van der Waals surface area contributed by atoms with Crippen LogP contribution in [0.3, 0.4) is 0 Å². The average molecular weight is 362 g/mol. The second-order valence-corrected chi connectivity index (χ2v) is 7.02. The Kier molecular flexibility index (Phi) is 5.91. The molecule has 1 aliphatic heterocycles. The van der Waals surface area contributed by atoms with Crippen molar-refractivity contribution in [3.05, 3.63) is 54.1 Å². The van der Waals surface area contributed by atoms with E-state index in [2.05, 4.69) is 16.3 Å². The Labute approximate surface area is 150 Å². The Bertz CT molecular complexity index is 716. The third kappa shape index (κ3) is 4.95. The number of hydrogen-bond donors (Lipinski definition) is 1. The maximum atomic E-state index is 12.4. The number of amides is 1. The number of piperidine rings is 1. The van der Waals surface area contributed by atoms with Crippen molar-refractivity contribution < 1.29 is 13.6 Å². The lowest BCUT2D eigenvalue weighted by Crippen LogP contribution is -2.29. The summed E-state index contributed by atoms with van der Waals surface area (Å²) in [5.74, 6) is -2.71. The van der Waals surface area contributed by atoms with Crippen LogP contribution in [-0.2, 0) is 0 Å². The molecule has 0 aliphatic carbocycles. The van der Waals surface area contributed by atoms with E-state index in [0.717, 1.165) is 24.5 Å². The molecule has 6 heteroatoms. The fourth-order valence-electron chi connectivity index (χ4n) is 2.92. The molecule has 1 amide bonds. The highest BCUT2D eigenvalue weighted by atomic mass is 32.2. The molecule has 1 fully saturated rings. The number of thioether (sulfide) groups is 1. The van der Waals surface area contributed by atoms with Crippen molar-refractivity contribution in [2.75, 3.05) is 23.3 Å². The van der Waals surface area contributed by atoms with E-state index < -0.39 is 5.76 Å². The highest BCUT2D eigenvalue weighted by Crippen LogP contribution is 2.26. The first-order valence-electron chi connectivity index (χ1n) is 8.33. The summed E-state index contributed by atoms with van der Waals surface area (Å²) in [5.41, 5.74) is 2.29. The number of benzene rings is 2. The van der Waals surface area contributed by atoms with E-state index in [1.54, 1.807) is 12.1 Å². The highest BCUT2D eigenvalue weighted by molar-refractivity contribution is 7.99. The van der Waals surface area contributed by atoms with Crippen LogP contribution >= 0.6 is 11.8 Å². The van der Waals surface area contributed by atoms with Gasteiger partial charge in [0.1, 0.15) is 0 Å². The Morgan fingerprint density at radius 3 is 2.44 bits per heavy atom. The van der Waals surface area contributed by atoms with E-state index in [1.165, 1.54) is 31.4 Å². The molecule has 25 heavy (non-hydrogen) atoms. The molecule has 0 bridgehead atoms. The van der Waals surface area contributed by atoms with Gasteiger partial charge in [-0.3, -0.25) is 4.79 Å². The van der Waals surface area contributed by atoms with Crippen molar-refractivity contribution in [3.8, 4) is 0 Å². The molecule has 0 aromatic heterocycles. The van der Waals surface area contributed by atoms with Crippen molar-refractivity contribution in [1.29, 1.82) is 0 Å². The van der Waals surface area contributed by atoms with Crippen LogP contribution < -0.4 is 10.2 Å². The summed E-state index contributed by atoms with van der Waals surface area (Å²) in [7, 11) is 0. The summed E-state index contributed by atoms with van der Waals surface area (Å²) in [6.07, 6.45) is 3.66. The second kappa shape index (κ2) is 8.34. The van der Waals surface area contributed by atoms with Crippen LogP contribution in [0.15, 0.2) is 53.4 Å². The summed E-state index contributed by atoms with van der Waals surface area (Å²) >= 11 is 0.470. The number of nitrogens with one attached hydrogen (secondary N) is 1. The fraction of sp³-hybridized carbons (Fsp3) is 0.316. The van der Waals surface area contributed by atoms with Gasteiger partial charge in [0, 0.05) is 34.9 Å². The summed E-state index contributed by atoms with van der Waals surface area (Å²) in [6, 6.07) is 14.0. The molecule has 132 valence electrons. The van der Waals surface area contributed by atoms with Crippen LogP contribution in [0.2, 0.25) is 0 Å². The van der Waals surface area contributed by atoms with Crippen molar-refractivity contribution in [2.45, 2.75) is 29.9 Å². The zero-order valence-electron chi connectivity index (χ0n) is 13.8. The minimum atomic E-state index is -2.46. The molecule has 0 saturated carbocycles. The van der Waals surface area contributed by atoms with E-state index in [-0.39, 0.29) is 5.91 Å². The fourth-order valence-corrected chi connectivity index (χ4v) is 3.42. The third-order valence-electron chi connectivity index (χ3n) is 4.17. The minimum absolute atomic E-state index is 0.246. The molecule has 1 saturated heterocycles. The van der Waals surface area contributed by atoms with Gasteiger partial charge in [-0.05, 0) is 61.7 Å². The summed E-state index contributed by atoms with van der Waals surface area (Å²) < 4.78 is 24.7. The number of alkyl halides is 2. The number of halogens is 2. The van der Waals surface area contributed by atoms with Crippen LogP contribution in [0.5, 0.6) is 0 Å². The number of carbonyl (C=O) groups is 1. The molecular formula is C19H20F2N2OS. The molecule has 1 heterocycles. The van der Waals surface area contributed by atoms with Gasteiger partial charge < -0.3 is 10.2 Å². The number of rotatable bonds is 5. The SMILES string of the molecule is O=C(Nc1cccc(N2CCCCC2)c1)c1ccc(SC(F)F)cc1. The Balaban J connectivity index is 1.66. The van der Waals surface area contributed by atoms with E-state index in [9.17, 15) is 13.6 Å². The number of carbonyl (C=O) groups excluding carboxylic acids is 1. The lowest BCUT2D eigenvalue weighted by Gasteiger charge is -2.29. The summed E-state index contributed by atoms with van der Waals surface area (Å²) in [4.78, 5) is 15.1. The zero-order valence-corrected chi connectivity index (χ0v) is 14.6. The van der Waals surface area contributed by atoms with Gasteiger partial charge in [-0.25, -0.2) is 0 Å². The van der Waals surface area contributed by atoms with Gasteiger partial charge in [-0.2, -0.15) is 8.78 Å². The summed E-state index contributed by atoms with van der Waals surface area (Å²) in [5, 5.41) is 2.88. The Morgan fingerprint density at radius 1 is 1.04 bits per heavy atom. The van der Waals surface area contributed by atoms with Crippen LogP contribution in [0, 0.1) is 0 Å². The number of hydrogen-bond acceptors (Lipinski definition) is 3. The molecule has 3 nitrogen and oxygen atoms in total. The zero-order chi connectivity index (χ0) is 17.6. The van der Waals surface area contributed by atoms with Crippen LogP contribution in [-0.4, -0.2) is 24.8 Å². The molecule has 2 aromatic carbocycles. The first-order chi connectivity index (χ1) is 12.1. The third-order valence-corrected chi connectivity index (χ3v) is 4.89. The van der Waals surface area contributed by atoms with Gasteiger partial charge in [0.15, 0.2) is 0 Å². The van der Waals surface area contributed by atoms with Gasteiger partial charge in [0.2, 0.25) is 0 Å². The second-order valence-electron chi connectivity index (χ2n) is 5.96.